The molecule has 26 heavy (non-hydrogen) atoms. The SMILES string of the molecule is O=C(Nc1ccc(Cl)cc1)N1CCN(C(=O)C(=O)N2CCOCC2)CC1. The zero-order valence-electron chi connectivity index (χ0n) is 14.3. The molecule has 2 saturated heterocycles. The molecule has 2 fully saturated rings. The minimum Gasteiger partial charge on any atom is -0.378 e. The van der Waals surface area contributed by atoms with Crippen molar-refractivity contribution in [2.75, 3.05) is 57.8 Å². The first-order chi connectivity index (χ1) is 12.5. The van der Waals surface area contributed by atoms with Gasteiger partial charge in [-0.15, -0.1) is 0 Å². The molecule has 2 aliphatic rings. The van der Waals surface area contributed by atoms with Crippen molar-refractivity contribution in [2.24, 2.45) is 0 Å². The Morgan fingerprint density at radius 1 is 0.808 bits per heavy atom. The van der Waals surface area contributed by atoms with Crippen LogP contribution in [0, 0.1) is 0 Å². The van der Waals surface area contributed by atoms with Crippen LogP contribution in [0.5, 0.6) is 0 Å². The highest BCUT2D eigenvalue weighted by Gasteiger charge is 2.31. The molecule has 0 bridgehead atoms. The second-order valence-electron chi connectivity index (χ2n) is 6.12. The average molecular weight is 381 g/mol. The molecular weight excluding hydrogens is 360 g/mol. The molecule has 4 amide bonds. The van der Waals surface area contributed by atoms with Crippen molar-refractivity contribution in [2.45, 2.75) is 0 Å². The molecule has 1 aromatic rings. The van der Waals surface area contributed by atoms with E-state index in [1.54, 1.807) is 29.2 Å². The summed E-state index contributed by atoms with van der Waals surface area (Å²) in [5.41, 5.74) is 0.653. The Hall–Kier alpha value is -2.32. The van der Waals surface area contributed by atoms with Gasteiger partial charge in [0.2, 0.25) is 0 Å². The molecule has 0 unspecified atom stereocenters. The number of ether oxygens (including phenoxy) is 1. The number of benzene rings is 1. The van der Waals surface area contributed by atoms with E-state index in [-0.39, 0.29) is 6.03 Å². The third-order valence-electron chi connectivity index (χ3n) is 4.43. The number of nitrogens with one attached hydrogen (secondary N) is 1. The van der Waals surface area contributed by atoms with Crippen LogP contribution in [0.15, 0.2) is 24.3 Å². The van der Waals surface area contributed by atoms with Crippen molar-refractivity contribution >= 4 is 35.1 Å². The molecule has 0 aromatic heterocycles. The predicted molar refractivity (Wildman–Crippen MR) is 96.0 cm³/mol. The fourth-order valence-electron chi connectivity index (χ4n) is 2.89. The van der Waals surface area contributed by atoms with Gasteiger partial charge in [-0.1, -0.05) is 11.6 Å². The highest BCUT2D eigenvalue weighted by Crippen LogP contribution is 2.14. The van der Waals surface area contributed by atoms with Crippen LogP contribution in [-0.2, 0) is 14.3 Å². The maximum absolute atomic E-state index is 12.4. The van der Waals surface area contributed by atoms with E-state index in [4.69, 9.17) is 16.3 Å². The fraction of sp³-hybridized carbons (Fsp3) is 0.471. The highest BCUT2D eigenvalue weighted by molar-refractivity contribution is 6.35. The van der Waals surface area contributed by atoms with Gasteiger partial charge in [0.15, 0.2) is 0 Å². The van der Waals surface area contributed by atoms with Crippen molar-refractivity contribution in [3.8, 4) is 0 Å². The third kappa shape index (κ3) is 4.44. The van der Waals surface area contributed by atoms with Crippen molar-refractivity contribution < 1.29 is 19.1 Å². The third-order valence-corrected chi connectivity index (χ3v) is 4.68. The summed E-state index contributed by atoms with van der Waals surface area (Å²) >= 11 is 5.83. The highest BCUT2D eigenvalue weighted by atomic mass is 35.5. The fourth-order valence-corrected chi connectivity index (χ4v) is 3.01. The molecule has 0 aliphatic carbocycles. The summed E-state index contributed by atoms with van der Waals surface area (Å²) in [5.74, 6) is -1.00. The van der Waals surface area contributed by atoms with E-state index in [9.17, 15) is 14.4 Å². The van der Waals surface area contributed by atoms with Gasteiger partial charge in [0.1, 0.15) is 0 Å². The zero-order chi connectivity index (χ0) is 18.5. The lowest BCUT2D eigenvalue weighted by molar-refractivity contribution is -0.154. The molecule has 2 aliphatic heterocycles. The van der Waals surface area contributed by atoms with E-state index in [0.717, 1.165) is 0 Å². The number of amides is 4. The lowest BCUT2D eigenvalue weighted by Crippen LogP contribution is -2.56. The average Bonchev–Trinajstić information content (AvgIpc) is 2.69. The Labute approximate surface area is 156 Å². The Kier molecular flexibility index (Phi) is 5.95. The summed E-state index contributed by atoms with van der Waals surface area (Å²) in [5, 5.41) is 3.39. The van der Waals surface area contributed by atoms with Crippen LogP contribution < -0.4 is 5.32 Å². The molecule has 0 saturated carbocycles. The lowest BCUT2D eigenvalue weighted by atomic mass is 10.3. The van der Waals surface area contributed by atoms with Gasteiger partial charge in [0.05, 0.1) is 13.2 Å². The van der Waals surface area contributed by atoms with E-state index in [1.807, 2.05) is 0 Å². The second kappa shape index (κ2) is 8.37. The number of morpholine rings is 1. The number of carbonyl (C=O) groups is 3. The zero-order valence-corrected chi connectivity index (χ0v) is 15.1. The van der Waals surface area contributed by atoms with E-state index >= 15 is 0 Å². The van der Waals surface area contributed by atoms with E-state index < -0.39 is 11.8 Å². The summed E-state index contributed by atoms with van der Waals surface area (Å²) < 4.78 is 5.19. The summed E-state index contributed by atoms with van der Waals surface area (Å²) in [6.07, 6.45) is 0. The Morgan fingerprint density at radius 2 is 1.31 bits per heavy atom. The lowest BCUT2D eigenvalue weighted by Gasteiger charge is -2.35. The number of urea groups is 1. The van der Waals surface area contributed by atoms with Crippen LogP contribution in [-0.4, -0.2) is 85.0 Å². The van der Waals surface area contributed by atoms with Crippen LogP contribution in [0.2, 0.25) is 5.02 Å². The summed E-state index contributed by atoms with van der Waals surface area (Å²) in [4.78, 5) is 41.6. The number of hydrogen-bond donors (Lipinski definition) is 1. The minimum atomic E-state index is -0.510. The number of hydrogen-bond acceptors (Lipinski definition) is 4. The summed E-state index contributed by atoms with van der Waals surface area (Å²) in [7, 11) is 0. The molecule has 1 aromatic carbocycles. The first-order valence-electron chi connectivity index (χ1n) is 8.52. The minimum absolute atomic E-state index is 0.237. The Balaban J connectivity index is 1.48. The van der Waals surface area contributed by atoms with Gasteiger partial charge < -0.3 is 24.8 Å². The van der Waals surface area contributed by atoms with Gasteiger partial charge in [-0.05, 0) is 24.3 Å². The van der Waals surface area contributed by atoms with E-state index in [2.05, 4.69) is 5.32 Å². The van der Waals surface area contributed by atoms with Crippen molar-refractivity contribution in [3.05, 3.63) is 29.3 Å². The van der Waals surface area contributed by atoms with Gasteiger partial charge in [-0.2, -0.15) is 0 Å². The van der Waals surface area contributed by atoms with Crippen molar-refractivity contribution in [1.82, 2.24) is 14.7 Å². The topological polar surface area (TPSA) is 82.2 Å². The van der Waals surface area contributed by atoms with Crippen molar-refractivity contribution in [1.29, 1.82) is 0 Å². The van der Waals surface area contributed by atoms with Crippen LogP contribution in [0.25, 0.3) is 0 Å². The molecule has 1 N–H and O–H groups in total. The van der Waals surface area contributed by atoms with Gasteiger partial charge in [0, 0.05) is 50.0 Å². The van der Waals surface area contributed by atoms with Gasteiger partial charge >= 0.3 is 17.8 Å². The number of piperazine rings is 1. The monoisotopic (exact) mass is 380 g/mol. The number of carbonyl (C=O) groups excluding carboxylic acids is 3. The molecule has 2 heterocycles. The summed E-state index contributed by atoms with van der Waals surface area (Å²) in [6.45, 7) is 3.21. The molecule has 140 valence electrons. The van der Waals surface area contributed by atoms with Crippen LogP contribution in [0.4, 0.5) is 10.5 Å². The predicted octanol–water partition coefficient (Wildman–Crippen LogP) is 0.875. The second-order valence-corrected chi connectivity index (χ2v) is 6.56. The smallest absolute Gasteiger partial charge is 0.321 e. The number of anilines is 1. The van der Waals surface area contributed by atoms with Gasteiger partial charge in [0.25, 0.3) is 0 Å². The quantitative estimate of drug-likeness (QED) is 0.733. The van der Waals surface area contributed by atoms with Crippen LogP contribution in [0.3, 0.4) is 0 Å². The Morgan fingerprint density at radius 3 is 1.88 bits per heavy atom. The molecule has 0 spiro atoms. The van der Waals surface area contributed by atoms with E-state index in [0.29, 0.717) is 63.2 Å². The van der Waals surface area contributed by atoms with Crippen LogP contribution in [0.1, 0.15) is 0 Å². The maximum atomic E-state index is 12.4. The normalized spacial score (nSPS) is 17.8. The summed E-state index contributed by atoms with van der Waals surface area (Å²) in [6, 6.07) is 6.61. The molecule has 3 rings (SSSR count). The first kappa shape index (κ1) is 18.5. The molecular formula is C17H21ClN4O4. The number of nitrogens with zero attached hydrogens (tertiary/aromatic N) is 3. The maximum Gasteiger partial charge on any atom is 0.321 e. The Bertz CT molecular complexity index is 668. The molecule has 9 heteroatoms. The van der Waals surface area contributed by atoms with Crippen LogP contribution >= 0.6 is 11.6 Å². The number of halogens is 1. The standard InChI is InChI=1S/C17H21ClN4O4/c18-13-1-3-14(4-2-13)19-17(25)22-7-5-20(6-8-22)15(23)16(24)21-9-11-26-12-10-21/h1-4H,5-12H2,(H,19,25). The van der Waals surface area contributed by atoms with E-state index in [1.165, 1.54) is 9.80 Å². The van der Waals surface area contributed by atoms with Gasteiger partial charge in [-0.25, -0.2) is 4.79 Å². The van der Waals surface area contributed by atoms with Crippen molar-refractivity contribution in [3.63, 3.8) is 0 Å². The molecule has 0 atom stereocenters. The first-order valence-corrected chi connectivity index (χ1v) is 8.90. The molecule has 0 radical (unpaired) electrons. The molecule has 8 nitrogen and oxygen atoms in total. The largest absolute Gasteiger partial charge is 0.378 e. The number of rotatable bonds is 1. The van der Waals surface area contributed by atoms with Gasteiger partial charge in [-0.3, -0.25) is 9.59 Å².